The lowest BCUT2D eigenvalue weighted by atomic mass is 9.85. The Morgan fingerprint density at radius 2 is 0.960 bits per heavy atom. The van der Waals surface area contributed by atoms with Crippen LogP contribution in [0.4, 0.5) is 0 Å². The third kappa shape index (κ3) is 29.4. The molecule has 14 atom stereocenters. The molecule has 3 aliphatic rings. The Balaban J connectivity index is 1.24. The van der Waals surface area contributed by atoms with E-state index in [1.54, 1.807) is 99.6 Å². The van der Waals surface area contributed by atoms with Crippen LogP contribution in [0.5, 0.6) is 5.75 Å². The van der Waals surface area contributed by atoms with E-state index in [0.29, 0.717) is 38.6 Å². The number of hydrogen-bond donors (Lipinski definition) is 20. The van der Waals surface area contributed by atoms with Crippen LogP contribution in [0.1, 0.15) is 119 Å². The van der Waals surface area contributed by atoms with Gasteiger partial charge >= 0.3 is 23.9 Å². The van der Waals surface area contributed by atoms with Gasteiger partial charge in [-0.3, -0.25) is 91.6 Å². The summed E-state index contributed by atoms with van der Waals surface area (Å²) in [5.41, 5.74) is 10.9. The quantitative estimate of drug-likeness (QED) is 0.0513. The highest BCUT2D eigenvalue weighted by molar-refractivity contribution is 7.99. The van der Waals surface area contributed by atoms with Crippen LogP contribution < -0.4 is 80.6 Å². The molecular formula is C83H103N15O23S3. The maximum Gasteiger partial charge on any atom is 0.309 e. The molecule has 38 nitrogen and oxygen atoms in total. The fraction of sp³-hybridized carbons (Fsp3) is 0.446. The highest BCUT2D eigenvalue weighted by atomic mass is 32.2. The van der Waals surface area contributed by atoms with Gasteiger partial charge in [0.25, 0.3) is 0 Å². The fourth-order valence-electron chi connectivity index (χ4n) is 13.8. The minimum Gasteiger partial charge on any atom is -0.508 e. The first-order chi connectivity index (χ1) is 58.6. The van der Waals surface area contributed by atoms with Crippen LogP contribution in [0.15, 0.2) is 115 Å². The summed E-state index contributed by atoms with van der Waals surface area (Å²) in [6.07, 6.45) is -8.33. The molecule has 1 saturated carbocycles. The lowest BCUT2D eigenvalue weighted by molar-refractivity contribution is -0.143. The predicted octanol–water partition coefficient (Wildman–Crippen LogP) is -0.751. The number of primary amides is 2. The van der Waals surface area contributed by atoms with Gasteiger partial charge < -0.3 is 101 Å². The molecule has 5 aromatic carbocycles. The molecule has 22 N–H and O–H groups in total. The van der Waals surface area contributed by atoms with Crippen LogP contribution in [0.3, 0.4) is 0 Å². The van der Waals surface area contributed by atoms with E-state index in [0.717, 1.165) is 23.5 Å². The van der Waals surface area contributed by atoms with Crippen molar-refractivity contribution < 1.29 is 112 Å². The van der Waals surface area contributed by atoms with Crippen molar-refractivity contribution in [3.8, 4) is 5.75 Å². The molecule has 4 bridgehead atoms. The minimum absolute atomic E-state index is 0.0546. The Morgan fingerprint density at radius 3 is 1.52 bits per heavy atom. The Bertz CT molecular complexity index is 4820. The van der Waals surface area contributed by atoms with Gasteiger partial charge in [0.2, 0.25) is 82.7 Å². The molecule has 2 heterocycles. The van der Waals surface area contributed by atoms with E-state index in [1.807, 2.05) is 12.1 Å². The number of carboxylic acids is 4. The number of benzene rings is 5. The fourth-order valence-corrected chi connectivity index (χ4v) is 16.7. The van der Waals surface area contributed by atoms with Crippen LogP contribution in [0.2, 0.25) is 0 Å². The molecule has 1 unspecified atom stereocenters. The van der Waals surface area contributed by atoms with Crippen molar-refractivity contribution >= 4 is 153 Å². The summed E-state index contributed by atoms with van der Waals surface area (Å²) in [5, 5.41) is 85.7. The molecule has 2 aliphatic heterocycles. The Kier molecular flexibility index (Phi) is 35.3. The van der Waals surface area contributed by atoms with Crippen LogP contribution in [0, 0.1) is 11.3 Å². The van der Waals surface area contributed by atoms with Crippen molar-refractivity contribution in [3.63, 3.8) is 0 Å². The number of aliphatic carboxylic acids is 4. The molecule has 41 heteroatoms. The van der Waals surface area contributed by atoms with E-state index >= 15 is 19.2 Å². The van der Waals surface area contributed by atoms with E-state index in [4.69, 9.17) is 11.5 Å². The molecule has 8 rings (SSSR count). The standard InChI is InChI=1S/C83H103N15O23S3/c1-42-70(109)91-59(34-63(84)100)75(114)89-54(22-24-65(102)103)71(110)94-58(33-50-16-11-15-49-14-9-10-17-52(49)50)73(112)88-43(2)87-62-41-124-39-48-29-46(37-122-27-26-64(101)86-42)28-47(30-48)38-123-40-61(69(85)108)96-79(118)68(82(3,4)5)97-81(121)83(36-53(83)80(119)120)98-78(117)57(32-45-18-20-51(99)21-19-45)93-74(113)56(31-44-12-7-6-8-13-44)92-76(115)60(35-67(106)107)95-72(111)55(90-77(62)116)23-25-66(104)105/h6-21,28-30,42-43,53-62,68,87,99H,22-27,31-41H2,1-5H3,(H2,84,100)(H2,85,108)(H,86,101)(H,88,112)(H,89,114)(H,90,116)(H,91,109)(H,92,115)(H,93,113)(H,94,110)(H,95,111)(H,96,118)(H,97,121)(H,98,117)(H,102,103)(H,104,105)(H,106,107)(H,119,120)/t42-,43-,53-,54+,55+,56+,57+,58+,59+,60+,61+,62-,68-,83?/m1/s1. The summed E-state index contributed by atoms with van der Waals surface area (Å²) in [6, 6.07) is 11.7. The van der Waals surface area contributed by atoms with Crippen LogP contribution >= 0.6 is 35.3 Å². The Morgan fingerprint density at radius 1 is 0.476 bits per heavy atom. The molecule has 1 aliphatic carbocycles. The van der Waals surface area contributed by atoms with Gasteiger partial charge in [-0.25, -0.2) is 0 Å². The molecule has 1 fully saturated rings. The molecule has 14 amide bonds. The van der Waals surface area contributed by atoms with E-state index in [2.05, 4.69) is 69.1 Å². The molecule has 1 spiro atoms. The first-order valence-corrected chi connectivity index (χ1v) is 43.1. The molecule has 124 heavy (non-hydrogen) atoms. The average Bonchev–Trinajstić information content (AvgIpc) is 1.57. The number of aromatic hydroxyl groups is 1. The van der Waals surface area contributed by atoms with Crippen molar-refractivity contribution in [1.29, 1.82) is 0 Å². The average molecular weight is 1780 g/mol. The second-order valence-corrected chi connectivity index (χ2v) is 34.7. The molecule has 666 valence electrons. The summed E-state index contributed by atoms with van der Waals surface area (Å²) in [6.45, 7) is 7.33. The maximum absolute atomic E-state index is 15.3. The Labute approximate surface area is 724 Å². The number of thioether (sulfide) groups is 3. The number of nitrogens with one attached hydrogen (secondary N) is 13. The minimum atomic E-state index is -2.33. The number of phenols is 1. The van der Waals surface area contributed by atoms with Gasteiger partial charge in [0, 0.05) is 73.0 Å². The third-order valence-corrected chi connectivity index (χ3v) is 23.6. The topological polar surface area (TPSA) is 617 Å². The number of carboxylic acid groups (broad SMARTS) is 4. The Hall–Kier alpha value is -12.4. The normalized spacial score (nSPS) is 25.4. The third-order valence-electron chi connectivity index (χ3n) is 20.4. The van der Waals surface area contributed by atoms with Crippen molar-refractivity contribution in [2.75, 3.05) is 17.3 Å². The number of carbonyl (C=O) groups is 18. The highest BCUT2D eigenvalue weighted by Gasteiger charge is 2.66. The summed E-state index contributed by atoms with van der Waals surface area (Å²) >= 11 is 3.52. The zero-order valence-electron chi connectivity index (χ0n) is 68.5. The van der Waals surface area contributed by atoms with Crippen LogP contribution in [-0.4, -0.2) is 228 Å². The van der Waals surface area contributed by atoms with E-state index in [1.165, 1.54) is 49.9 Å². The molecule has 5 aromatic rings. The van der Waals surface area contributed by atoms with Gasteiger partial charge in [0.15, 0.2) is 0 Å². The molecular weight excluding hydrogens is 1670 g/mol. The molecule has 0 radical (unpaired) electrons. The maximum atomic E-state index is 15.3. The number of amides is 14. The highest BCUT2D eigenvalue weighted by Crippen LogP contribution is 2.45. The first kappa shape index (κ1) is 97.1. The van der Waals surface area contributed by atoms with Crippen molar-refractivity contribution in [1.82, 2.24) is 69.1 Å². The van der Waals surface area contributed by atoms with E-state index < -0.39 is 254 Å². The zero-order chi connectivity index (χ0) is 90.9. The number of hydrogen-bond acceptors (Lipinski definition) is 23. The van der Waals surface area contributed by atoms with Gasteiger partial charge in [-0.05, 0) is 94.8 Å². The predicted molar refractivity (Wildman–Crippen MR) is 454 cm³/mol. The van der Waals surface area contributed by atoms with Gasteiger partial charge in [-0.1, -0.05) is 124 Å². The number of carbonyl (C=O) groups excluding carboxylic acids is 14. The van der Waals surface area contributed by atoms with Crippen molar-refractivity contribution in [2.45, 2.75) is 201 Å². The van der Waals surface area contributed by atoms with Crippen LogP contribution in [-0.2, 0) is 123 Å². The van der Waals surface area contributed by atoms with E-state index in [-0.39, 0.29) is 58.7 Å². The van der Waals surface area contributed by atoms with Gasteiger partial charge in [-0.2, -0.15) is 35.3 Å². The SMILES string of the molecule is C[C@H]1NC(=O)[C@H](Cc2cccc3ccccc23)NC(=O)[C@H](CCC(=O)O)NC(=O)[C@H](CC(N)=O)NC(=O)[C@@H](C)NC(=O)CCSCc2cc3cc(c2)CSC[C@@H](N1)C(=O)N[C@@H](CCC(=O)O)C(=O)N[C@@H](CC(=O)O)C(=O)N[C@@H](Cc1ccccc1)C(=O)N[C@@H](Cc1ccc(O)cc1)C(=O)NC1(C[C@@H]1C(=O)O)C(=O)N[C@@H](C(C)(C)C)C(=O)N[C@H](C(N)=O)CSC3. The van der Waals surface area contributed by atoms with Gasteiger partial charge in [-0.15, -0.1) is 0 Å². The number of nitrogens with two attached hydrogens (primary N) is 2. The van der Waals surface area contributed by atoms with Crippen LogP contribution in [0.25, 0.3) is 10.8 Å². The van der Waals surface area contributed by atoms with Crippen molar-refractivity contribution in [3.05, 3.63) is 149 Å². The first-order valence-electron chi connectivity index (χ1n) is 39.7. The summed E-state index contributed by atoms with van der Waals surface area (Å²) in [4.78, 5) is 253. The molecule has 0 saturated heterocycles. The number of rotatable bonds is 18. The van der Waals surface area contributed by atoms with Crippen molar-refractivity contribution in [2.24, 2.45) is 22.8 Å². The number of fused-ring (bicyclic) bond motifs is 6. The summed E-state index contributed by atoms with van der Waals surface area (Å²) in [7, 11) is 0. The zero-order valence-corrected chi connectivity index (χ0v) is 70.9. The van der Waals surface area contributed by atoms with Gasteiger partial charge in [0.05, 0.1) is 31.0 Å². The van der Waals surface area contributed by atoms with Gasteiger partial charge in [0.1, 0.15) is 71.7 Å². The number of phenolic OH excluding ortho intramolecular Hbond substituents is 1. The summed E-state index contributed by atoms with van der Waals surface area (Å²) in [5.74, 6) is -23.3. The van der Waals surface area contributed by atoms with E-state index in [9.17, 15) is 92.7 Å². The second-order valence-electron chi connectivity index (χ2n) is 31.5. The lowest BCUT2D eigenvalue weighted by Crippen LogP contribution is -2.63. The second kappa shape index (κ2) is 45.1. The monoisotopic (exact) mass is 1770 g/mol. The lowest BCUT2D eigenvalue weighted by Gasteiger charge is -2.33. The smallest absolute Gasteiger partial charge is 0.309 e. The molecule has 0 aromatic heterocycles. The summed E-state index contributed by atoms with van der Waals surface area (Å²) < 4.78 is 0. The largest absolute Gasteiger partial charge is 0.508 e.